The van der Waals surface area contributed by atoms with Gasteiger partial charge >= 0.3 is 0 Å². The second-order valence-corrected chi connectivity index (χ2v) is 4.14. The molecule has 0 aromatic rings. The minimum absolute atomic E-state index is 0.133. The molecule has 0 aliphatic heterocycles. The van der Waals surface area contributed by atoms with Gasteiger partial charge in [0.15, 0.2) is 0 Å². The van der Waals surface area contributed by atoms with E-state index in [0.29, 0.717) is 5.75 Å². The second kappa shape index (κ2) is 10.7. The van der Waals surface area contributed by atoms with E-state index in [4.69, 9.17) is 24.8 Å². The molecule has 0 aromatic carbocycles. The van der Waals surface area contributed by atoms with Gasteiger partial charge in [0.05, 0.1) is 19.3 Å². The van der Waals surface area contributed by atoms with Gasteiger partial charge in [-0.2, -0.15) is 12.6 Å². The van der Waals surface area contributed by atoms with E-state index in [1.54, 1.807) is 6.08 Å². The SMILES string of the molecule is CC(O)C(CO)OC(OC/C=C/CCS)C(O)O. The molecule has 0 saturated carbocycles. The largest absolute Gasteiger partial charge is 0.394 e. The molecule has 0 amide bonds. The molecule has 7 heteroatoms. The summed E-state index contributed by atoms with van der Waals surface area (Å²) in [6, 6.07) is 0. The maximum Gasteiger partial charge on any atom is 0.209 e. The summed E-state index contributed by atoms with van der Waals surface area (Å²) in [6.07, 6.45) is -0.726. The summed E-state index contributed by atoms with van der Waals surface area (Å²) in [5.41, 5.74) is 0. The van der Waals surface area contributed by atoms with E-state index in [9.17, 15) is 5.11 Å². The second-order valence-electron chi connectivity index (χ2n) is 3.70. The van der Waals surface area contributed by atoms with Gasteiger partial charge in [0.1, 0.15) is 6.10 Å². The van der Waals surface area contributed by atoms with Crippen LogP contribution in [0.1, 0.15) is 13.3 Å². The van der Waals surface area contributed by atoms with Crippen LogP contribution in [0, 0.1) is 0 Å². The van der Waals surface area contributed by atoms with Gasteiger partial charge in [-0.15, -0.1) is 0 Å². The summed E-state index contributed by atoms with van der Waals surface area (Å²) >= 11 is 4.02. The van der Waals surface area contributed by atoms with Gasteiger partial charge in [0.25, 0.3) is 0 Å². The summed E-state index contributed by atoms with van der Waals surface area (Å²) in [5.74, 6) is 0.716. The molecule has 0 aliphatic rings. The van der Waals surface area contributed by atoms with Crippen molar-refractivity contribution in [3.05, 3.63) is 12.2 Å². The van der Waals surface area contributed by atoms with Gasteiger partial charge in [-0.1, -0.05) is 12.2 Å². The lowest BCUT2D eigenvalue weighted by molar-refractivity contribution is -0.277. The first kappa shape index (κ1) is 17.8. The molecule has 0 saturated heterocycles. The Morgan fingerprint density at radius 3 is 2.33 bits per heavy atom. The maximum absolute atomic E-state index is 9.26. The molecule has 4 N–H and O–H groups in total. The zero-order valence-electron chi connectivity index (χ0n) is 10.3. The Hall–Kier alpha value is -0.150. The van der Waals surface area contributed by atoms with E-state index in [1.807, 2.05) is 6.08 Å². The van der Waals surface area contributed by atoms with Crippen LogP contribution in [0.25, 0.3) is 0 Å². The lowest BCUT2D eigenvalue weighted by Gasteiger charge is -2.26. The fraction of sp³-hybridized carbons (Fsp3) is 0.818. The number of hydrogen-bond donors (Lipinski definition) is 5. The Morgan fingerprint density at radius 1 is 1.22 bits per heavy atom. The maximum atomic E-state index is 9.26. The van der Waals surface area contributed by atoms with Crippen LogP contribution in [0.2, 0.25) is 0 Å². The lowest BCUT2D eigenvalue weighted by Crippen LogP contribution is -2.40. The molecule has 0 aromatic heterocycles. The smallest absolute Gasteiger partial charge is 0.209 e. The van der Waals surface area contributed by atoms with Gasteiger partial charge in [-0.3, -0.25) is 0 Å². The predicted molar refractivity (Wildman–Crippen MR) is 69.2 cm³/mol. The van der Waals surface area contributed by atoms with Crippen LogP contribution in [-0.4, -0.2) is 64.2 Å². The first-order valence-electron chi connectivity index (χ1n) is 5.70. The molecule has 0 radical (unpaired) electrons. The van der Waals surface area contributed by atoms with Gasteiger partial charge in [0.2, 0.25) is 12.6 Å². The standard InChI is InChI=1S/C11H22O6S/c1-8(13)9(7-12)17-11(10(14)15)16-5-3-2-4-6-18/h2-3,8-15,18H,4-7H2,1H3/b3-2+. The third-order valence-corrected chi connectivity index (χ3v) is 2.35. The Kier molecular flexibility index (Phi) is 10.7. The first-order chi connectivity index (χ1) is 8.52. The number of aliphatic hydroxyl groups is 4. The Labute approximate surface area is 112 Å². The summed E-state index contributed by atoms with van der Waals surface area (Å²) < 4.78 is 10.1. The van der Waals surface area contributed by atoms with Crippen LogP contribution in [-0.2, 0) is 9.47 Å². The van der Waals surface area contributed by atoms with Gasteiger partial charge < -0.3 is 29.9 Å². The normalized spacial score (nSPS) is 17.3. The van der Waals surface area contributed by atoms with Gasteiger partial charge in [-0.25, -0.2) is 0 Å². The molecule has 3 unspecified atom stereocenters. The van der Waals surface area contributed by atoms with E-state index >= 15 is 0 Å². The zero-order chi connectivity index (χ0) is 14.0. The molecule has 0 spiro atoms. The van der Waals surface area contributed by atoms with E-state index in [-0.39, 0.29) is 6.61 Å². The fourth-order valence-electron chi connectivity index (χ4n) is 1.09. The van der Waals surface area contributed by atoms with E-state index in [2.05, 4.69) is 12.6 Å². The minimum atomic E-state index is -1.85. The Bertz CT molecular complexity index is 222. The lowest BCUT2D eigenvalue weighted by atomic mass is 10.2. The molecule has 0 fully saturated rings. The Morgan fingerprint density at radius 2 is 1.89 bits per heavy atom. The molecular formula is C11H22O6S. The summed E-state index contributed by atoms with van der Waals surface area (Å²) in [7, 11) is 0. The van der Waals surface area contributed by atoms with Gasteiger partial charge in [-0.05, 0) is 19.1 Å². The monoisotopic (exact) mass is 282 g/mol. The van der Waals surface area contributed by atoms with Crippen LogP contribution in [0.15, 0.2) is 12.2 Å². The first-order valence-corrected chi connectivity index (χ1v) is 6.34. The van der Waals surface area contributed by atoms with E-state index < -0.39 is 31.4 Å². The number of allylic oxidation sites excluding steroid dienone is 1. The molecule has 108 valence electrons. The number of thiol groups is 1. The average molecular weight is 282 g/mol. The van der Waals surface area contributed by atoms with Crippen LogP contribution >= 0.6 is 12.6 Å². The highest BCUT2D eigenvalue weighted by atomic mass is 32.1. The van der Waals surface area contributed by atoms with Crippen LogP contribution in [0.3, 0.4) is 0 Å². The molecule has 0 bridgehead atoms. The van der Waals surface area contributed by atoms with Crippen molar-refractivity contribution in [1.82, 2.24) is 0 Å². The number of ether oxygens (including phenoxy) is 2. The molecule has 0 aliphatic carbocycles. The van der Waals surface area contributed by atoms with Gasteiger partial charge in [0, 0.05) is 0 Å². The molecule has 3 atom stereocenters. The quantitative estimate of drug-likeness (QED) is 0.206. The summed E-state index contributed by atoms with van der Waals surface area (Å²) in [5, 5.41) is 36.3. The van der Waals surface area contributed by atoms with Crippen molar-refractivity contribution in [3.8, 4) is 0 Å². The average Bonchev–Trinajstić information content (AvgIpc) is 2.31. The van der Waals surface area contributed by atoms with E-state index in [1.165, 1.54) is 6.92 Å². The number of rotatable bonds is 10. The highest BCUT2D eigenvalue weighted by Gasteiger charge is 2.25. The number of hydrogen-bond acceptors (Lipinski definition) is 7. The molecular weight excluding hydrogens is 260 g/mol. The van der Waals surface area contributed by atoms with Crippen molar-refractivity contribution in [2.75, 3.05) is 19.0 Å². The highest BCUT2D eigenvalue weighted by molar-refractivity contribution is 7.80. The Balaban J connectivity index is 4.14. The molecule has 6 nitrogen and oxygen atoms in total. The topological polar surface area (TPSA) is 99.4 Å². The zero-order valence-corrected chi connectivity index (χ0v) is 11.2. The highest BCUT2D eigenvalue weighted by Crippen LogP contribution is 2.08. The molecule has 18 heavy (non-hydrogen) atoms. The number of aliphatic hydroxyl groups excluding tert-OH is 3. The van der Waals surface area contributed by atoms with Crippen molar-refractivity contribution in [2.24, 2.45) is 0 Å². The van der Waals surface area contributed by atoms with E-state index in [0.717, 1.165) is 6.42 Å². The van der Waals surface area contributed by atoms with Crippen molar-refractivity contribution in [2.45, 2.75) is 38.1 Å². The van der Waals surface area contributed by atoms with Crippen LogP contribution in [0.4, 0.5) is 0 Å². The summed E-state index contributed by atoms with van der Waals surface area (Å²) in [6.45, 7) is 1.11. The van der Waals surface area contributed by atoms with Crippen molar-refractivity contribution in [1.29, 1.82) is 0 Å². The molecule has 0 rings (SSSR count). The fourth-order valence-corrected chi connectivity index (χ4v) is 1.24. The van der Waals surface area contributed by atoms with Crippen LogP contribution < -0.4 is 0 Å². The van der Waals surface area contributed by atoms with Crippen LogP contribution in [0.5, 0.6) is 0 Å². The third kappa shape index (κ3) is 8.04. The predicted octanol–water partition coefficient (Wildman–Crippen LogP) is -0.726. The van der Waals surface area contributed by atoms with Crippen molar-refractivity contribution >= 4 is 12.6 Å². The molecule has 0 heterocycles. The van der Waals surface area contributed by atoms with Crippen molar-refractivity contribution < 1.29 is 29.9 Å². The van der Waals surface area contributed by atoms with Crippen molar-refractivity contribution in [3.63, 3.8) is 0 Å². The minimum Gasteiger partial charge on any atom is -0.394 e. The summed E-state index contributed by atoms with van der Waals surface area (Å²) in [4.78, 5) is 0. The third-order valence-electron chi connectivity index (χ3n) is 2.09.